The molecule has 1 saturated heterocycles. The molecular weight excluding hydrogens is 218 g/mol. The lowest BCUT2D eigenvalue weighted by atomic mass is 9.98. The van der Waals surface area contributed by atoms with E-state index in [9.17, 15) is 0 Å². The number of fused-ring (bicyclic) bond motifs is 1. The van der Waals surface area contributed by atoms with E-state index in [1.54, 1.807) is 0 Å². The Labute approximate surface area is 101 Å². The van der Waals surface area contributed by atoms with Crippen molar-refractivity contribution in [2.75, 3.05) is 11.5 Å². The monoisotopic (exact) mass is 237 g/mol. The third-order valence-corrected chi connectivity index (χ3v) is 4.90. The van der Waals surface area contributed by atoms with Crippen LogP contribution in [0.1, 0.15) is 56.1 Å². The minimum Gasteiger partial charge on any atom is -0.315 e. The van der Waals surface area contributed by atoms with Gasteiger partial charge in [0.05, 0.1) is 0 Å². The minimum atomic E-state index is 0.605. The van der Waals surface area contributed by atoms with Crippen LogP contribution in [0, 0.1) is 0 Å². The summed E-state index contributed by atoms with van der Waals surface area (Å²) in [6, 6.07) is 0. The fourth-order valence-corrected chi connectivity index (χ4v) is 3.97. The van der Waals surface area contributed by atoms with E-state index in [0.717, 1.165) is 6.54 Å². The minimum absolute atomic E-state index is 0.605. The number of nitrogens with zero attached hydrogens (tertiary/aromatic N) is 3. The van der Waals surface area contributed by atoms with E-state index >= 15 is 0 Å². The fourth-order valence-electron chi connectivity index (χ4n) is 2.86. The van der Waals surface area contributed by atoms with Gasteiger partial charge < -0.3 is 4.57 Å². The smallest absolute Gasteiger partial charge is 0.136 e. The lowest BCUT2D eigenvalue weighted by molar-refractivity contribution is 0.438. The van der Waals surface area contributed by atoms with Crippen molar-refractivity contribution in [1.82, 2.24) is 14.8 Å². The molecule has 1 unspecified atom stereocenters. The highest BCUT2D eigenvalue weighted by atomic mass is 32.2. The van der Waals surface area contributed by atoms with E-state index < -0.39 is 0 Å². The van der Waals surface area contributed by atoms with Gasteiger partial charge in [0.1, 0.15) is 11.6 Å². The first-order chi connectivity index (χ1) is 7.86. The lowest BCUT2D eigenvalue weighted by Crippen LogP contribution is -2.19. The summed E-state index contributed by atoms with van der Waals surface area (Å²) in [5.41, 5.74) is 0. The van der Waals surface area contributed by atoms with E-state index in [1.165, 1.54) is 48.8 Å². The van der Waals surface area contributed by atoms with Crippen LogP contribution < -0.4 is 0 Å². The quantitative estimate of drug-likeness (QED) is 0.752. The second-order valence-corrected chi connectivity index (χ2v) is 6.22. The van der Waals surface area contributed by atoms with E-state index in [2.05, 4.69) is 33.5 Å². The summed E-state index contributed by atoms with van der Waals surface area (Å²) in [7, 11) is 0. The number of aromatic nitrogens is 3. The van der Waals surface area contributed by atoms with Crippen molar-refractivity contribution in [2.24, 2.45) is 0 Å². The molecule has 2 aliphatic rings. The molecule has 0 N–H and O–H groups in total. The number of thioether (sulfide) groups is 1. The second-order valence-electron chi connectivity index (χ2n) is 5.00. The first-order valence-corrected chi connectivity index (χ1v) is 7.52. The molecule has 0 radical (unpaired) electrons. The van der Waals surface area contributed by atoms with Crippen LogP contribution in [0.5, 0.6) is 0 Å². The molecule has 3 heterocycles. The van der Waals surface area contributed by atoms with Gasteiger partial charge in [-0.25, -0.2) is 0 Å². The Morgan fingerprint density at radius 2 is 1.88 bits per heavy atom. The molecule has 3 nitrogen and oxygen atoms in total. The van der Waals surface area contributed by atoms with Crippen LogP contribution in [0.2, 0.25) is 0 Å². The number of rotatable bonds is 1. The Bertz CT molecular complexity index is 368. The van der Waals surface area contributed by atoms with Gasteiger partial charge in [-0.05, 0) is 37.2 Å². The van der Waals surface area contributed by atoms with Crippen LogP contribution in [0.3, 0.4) is 0 Å². The highest BCUT2D eigenvalue weighted by Crippen LogP contribution is 2.34. The van der Waals surface area contributed by atoms with Crippen LogP contribution >= 0.6 is 11.8 Å². The molecule has 1 atom stereocenters. The Morgan fingerprint density at radius 1 is 1.12 bits per heavy atom. The van der Waals surface area contributed by atoms with Gasteiger partial charge in [-0.15, -0.1) is 10.2 Å². The molecule has 2 aliphatic heterocycles. The van der Waals surface area contributed by atoms with Crippen molar-refractivity contribution in [3.8, 4) is 0 Å². The summed E-state index contributed by atoms with van der Waals surface area (Å²) in [4.78, 5) is 0. The summed E-state index contributed by atoms with van der Waals surface area (Å²) in [5, 5.41) is 8.89. The second kappa shape index (κ2) is 4.40. The lowest BCUT2D eigenvalue weighted by Gasteiger charge is -2.25. The molecule has 0 bridgehead atoms. The van der Waals surface area contributed by atoms with Crippen LogP contribution in [0.25, 0.3) is 0 Å². The Hall–Kier alpha value is -0.510. The SMILES string of the molecule is CC1CCCn2c1nnc2C1CCSCC1. The van der Waals surface area contributed by atoms with Gasteiger partial charge in [0.25, 0.3) is 0 Å². The summed E-state index contributed by atoms with van der Waals surface area (Å²) in [6.45, 7) is 3.42. The van der Waals surface area contributed by atoms with E-state index in [0.29, 0.717) is 11.8 Å². The van der Waals surface area contributed by atoms with Crippen molar-refractivity contribution in [1.29, 1.82) is 0 Å². The van der Waals surface area contributed by atoms with Gasteiger partial charge in [0.2, 0.25) is 0 Å². The first-order valence-electron chi connectivity index (χ1n) is 6.37. The maximum atomic E-state index is 4.48. The van der Waals surface area contributed by atoms with Gasteiger partial charge in [-0.3, -0.25) is 0 Å². The highest BCUT2D eigenvalue weighted by molar-refractivity contribution is 7.99. The molecule has 3 rings (SSSR count). The third-order valence-electron chi connectivity index (χ3n) is 3.85. The van der Waals surface area contributed by atoms with Gasteiger partial charge in [0, 0.05) is 18.4 Å². The number of hydrogen-bond acceptors (Lipinski definition) is 3. The summed E-state index contributed by atoms with van der Waals surface area (Å²) < 4.78 is 2.41. The third kappa shape index (κ3) is 1.77. The predicted octanol–water partition coefficient (Wildman–Crippen LogP) is 2.79. The molecular formula is C12H19N3S. The zero-order valence-electron chi connectivity index (χ0n) is 9.85. The van der Waals surface area contributed by atoms with Crippen LogP contribution in [-0.4, -0.2) is 26.3 Å². The van der Waals surface area contributed by atoms with Crippen molar-refractivity contribution >= 4 is 11.8 Å². The zero-order valence-corrected chi connectivity index (χ0v) is 10.7. The molecule has 1 aromatic heterocycles. The summed E-state index contributed by atoms with van der Waals surface area (Å²) >= 11 is 2.08. The maximum Gasteiger partial charge on any atom is 0.136 e. The normalized spacial score (nSPS) is 26.7. The van der Waals surface area contributed by atoms with Crippen molar-refractivity contribution < 1.29 is 0 Å². The molecule has 0 saturated carbocycles. The average Bonchev–Trinajstić information content (AvgIpc) is 2.75. The summed E-state index contributed by atoms with van der Waals surface area (Å²) in [5.74, 6) is 6.38. The molecule has 4 heteroatoms. The van der Waals surface area contributed by atoms with E-state index in [1.807, 2.05) is 0 Å². The Balaban J connectivity index is 1.89. The zero-order chi connectivity index (χ0) is 11.0. The van der Waals surface area contributed by atoms with Crippen LogP contribution in [0.15, 0.2) is 0 Å². The topological polar surface area (TPSA) is 30.7 Å². The van der Waals surface area contributed by atoms with Gasteiger partial charge in [-0.2, -0.15) is 11.8 Å². The fraction of sp³-hybridized carbons (Fsp3) is 0.833. The van der Waals surface area contributed by atoms with Crippen molar-refractivity contribution in [3.63, 3.8) is 0 Å². The van der Waals surface area contributed by atoms with E-state index in [4.69, 9.17) is 0 Å². The average molecular weight is 237 g/mol. The van der Waals surface area contributed by atoms with Crippen LogP contribution in [0.4, 0.5) is 0 Å². The molecule has 0 amide bonds. The highest BCUT2D eigenvalue weighted by Gasteiger charge is 2.27. The molecule has 16 heavy (non-hydrogen) atoms. The van der Waals surface area contributed by atoms with Gasteiger partial charge in [0.15, 0.2) is 0 Å². The van der Waals surface area contributed by atoms with Crippen LogP contribution in [-0.2, 0) is 6.54 Å². The molecule has 0 aromatic carbocycles. The summed E-state index contributed by atoms with van der Waals surface area (Å²) in [6.07, 6.45) is 5.15. The van der Waals surface area contributed by atoms with Crippen molar-refractivity contribution in [3.05, 3.63) is 11.6 Å². The van der Waals surface area contributed by atoms with Gasteiger partial charge in [-0.1, -0.05) is 6.92 Å². The molecule has 1 aromatic rings. The largest absolute Gasteiger partial charge is 0.315 e. The molecule has 0 aliphatic carbocycles. The first kappa shape index (κ1) is 10.6. The van der Waals surface area contributed by atoms with E-state index in [-0.39, 0.29) is 0 Å². The number of hydrogen-bond donors (Lipinski definition) is 0. The van der Waals surface area contributed by atoms with Crippen molar-refractivity contribution in [2.45, 2.75) is 51.0 Å². The maximum absolute atomic E-state index is 4.48. The van der Waals surface area contributed by atoms with Gasteiger partial charge >= 0.3 is 0 Å². The standard InChI is InChI=1S/C12H19N3S/c1-9-3-2-6-15-11(9)13-14-12(15)10-4-7-16-8-5-10/h9-10H,2-8H2,1H3. The Kier molecular flexibility index (Phi) is 2.92. The molecule has 88 valence electrons. The molecule has 0 spiro atoms. The Morgan fingerprint density at radius 3 is 2.69 bits per heavy atom. The predicted molar refractivity (Wildman–Crippen MR) is 67.0 cm³/mol. The molecule has 1 fully saturated rings.